The molecule has 0 aromatic rings. The Bertz CT molecular complexity index is 332. The van der Waals surface area contributed by atoms with Crippen molar-refractivity contribution >= 4 is 0 Å². The van der Waals surface area contributed by atoms with Gasteiger partial charge in [-0.25, -0.2) is 0 Å². The lowest BCUT2D eigenvalue weighted by Crippen LogP contribution is -1.80. The van der Waals surface area contributed by atoms with Crippen LogP contribution < -0.4 is 0 Å². The van der Waals surface area contributed by atoms with Crippen molar-refractivity contribution in [3.8, 4) is 0 Å². The summed E-state index contributed by atoms with van der Waals surface area (Å²) in [4.78, 5) is 0. The van der Waals surface area contributed by atoms with Gasteiger partial charge in [0.05, 0.1) is 0 Å². The van der Waals surface area contributed by atoms with Crippen LogP contribution in [0.4, 0.5) is 0 Å². The third-order valence-electron chi connectivity index (χ3n) is 4.77. The molecule has 0 aliphatic carbocycles. The van der Waals surface area contributed by atoms with Gasteiger partial charge in [0.15, 0.2) is 0 Å². The number of rotatable bonds is 18. The fourth-order valence-corrected chi connectivity index (χ4v) is 3.05. The molecular formula is C25H46. The van der Waals surface area contributed by atoms with Crippen molar-refractivity contribution in [3.63, 3.8) is 0 Å². The zero-order chi connectivity index (χ0) is 18.4. The third kappa shape index (κ3) is 21.2. The minimum atomic E-state index is 1.25. The van der Waals surface area contributed by atoms with Crippen LogP contribution in [0.1, 0.15) is 124 Å². The van der Waals surface area contributed by atoms with Gasteiger partial charge in [-0.05, 0) is 51.9 Å². The van der Waals surface area contributed by atoms with Crippen LogP contribution in [0.3, 0.4) is 0 Å². The highest BCUT2D eigenvalue weighted by molar-refractivity contribution is 5.15. The van der Waals surface area contributed by atoms with Crippen LogP contribution in [0.25, 0.3) is 0 Å². The van der Waals surface area contributed by atoms with Crippen LogP contribution in [0.5, 0.6) is 0 Å². The van der Waals surface area contributed by atoms with Crippen molar-refractivity contribution in [2.45, 2.75) is 124 Å². The predicted molar refractivity (Wildman–Crippen MR) is 117 cm³/mol. The number of hydrogen-bond acceptors (Lipinski definition) is 0. The normalized spacial score (nSPS) is 12.7. The summed E-state index contributed by atoms with van der Waals surface area (Å²) in [6, 6.07) is 0. The quantitative estimate of drug-likeness (QED) is 0.132. The number of allylic oxidation sites excluding steroid dienone is 6. The van der Waals surface area contributed by atoms with Crippen molar-refractivity contribution in [1.82, 2.24) is 0 Å². The van der Waals surface area contributed by atoms with Gasteiger partial charge in [-0.2, -0.15) is 0 Å². The maximum atomic E-state index is 2.42. The molecule has 0 unspecified atom stereocenters. The van der Waals surface area contributed by atoms with Gasteiger partial charge in [0, 0.05) is 0 Å². The van der Waals surface area contributed by atoms with Crippen molar-refractivity contribution in [2.75, 3.05) is 0 Å². The Morgan fingerprint density at radius 3 is 1.68 bits per heavy atom. The standard InChI is InChI=1S/C25H46/c1-4-6-8-10-12-14-15-16-18-20-22-24-25(3)23-21-19-17-13-11-9-7-5-2/h8,10,21,23-24H,4-7,9,11-20,22H2,1-3H3. The molecule has 0 fully saturated rings. The molecular weight excluding hydrogens is 300 g/mol. The highest BCUT2D eigenvalue weighted by Crippen LogP contribution is 2.11. The van der Waals surface area contributed by atoms with Gasteiger partial charge >= 0.3 is 0 Å². The molecule has 146 valence electrons. The highest BCUT2D eigenvalue weighted by atomic mass is 14.0. The summed E-state index contributed by atoms with van der Waals surface area (Å²) in [7, 11) is 0. The van der Waals surface area contributed by atoms with E-state index in [1.165, 1.54) is 108 Å². The zero-order valence-corrected chi connectivity index (χ0v) is 17.7. The van der Waals surface area contributed by atoms with E-state index in [0.717, 1.165) is 0 Å². The molecule has 0 heteroatoms. The van der Waals surface area contributed by atoms with E-state index in [4.69, 9.17) is 0 Å². The molecule has 0 radical (unpaired) electrons. The number of hydrogen-bond donors (Lipinski definition) is 0. The summed E-state index contributed by atoms with van der Waals surface area (Å²) in [5, 5.41) is 0. The molecule has 0 N–H and O–H groups in total. The number of unbranched alkanes of at least 4 members (excludes halogenated alkanes) is 13. The van der Waals surface area contributed by atoms with Gasteiger partial charge in [-0.1, -0.05) is 108 Å². The molecule has 0 aromatic heterocycles. The van der Waals surface area contributed by atoms with Crippen molar-refractivity contribution in [2.24, 2.45) is 0 Å². The molecule has 0 atom stereocenters. The van der Waals surface area contributed by atoms with Crippen LogP contribution in [0, 0.1) is 0 Å². The fourth-order valence-electron chi connectivity index (χ4n) is 3.05. The van der Waals surface area contributed by atoms with Crippen LogP contribution in [0.15, 0.2) is 36.0 Å². The van der Waals surface area contributed by atoms with Gasteiger partial charge in [-0.3, -0.25) is 0 Å². The molecule has 0 bridgehead atoms. The molecule has 0 spiro atoms. The van der Waals surface area contributed by atoms with E-state index in [-0.39, 0.29) is 0 Å². The lowest BCUT2D eigenvalue weighted by Gasteiger charge is -1.99. The van der Waals surface area contributed by atoms with Crippen LogP contribution >= 0.6 is 0 Å². The molecule has 0 saturated heterocycles. The Labute approximate surface area is 159 Å². The first-order chi connectivity index (χ1) is 12.3. The summed E-state index contributed by atoms with van der Waals surface area (Å²) in [6.45, 7) is 6.78. The van der Waals surface area contributed by atoms with Crippen LogP contribution in [-0.4, -0.2) is 0 Å². The monoisotopic (exact) mass is 346 g/mol. The van der Waals surface area contributed by atoms with E-state index in [9.17, 15) is 0 Å². The first kappa shape index (κ1) is 24.2. The molecule has 0 heterocycles. The van der Waals surface area contributed by atoms with E-state index in [1.807, 2.05) is 0 Å². The van der Waals surface area contributed by atoms with Gasteiger partial charge < -0.3 is 0 Å². The SMILES string of the molecule is CCCC=CCCCCCCCC=C(C)C=CCCCCCCCC. The summed E-state index contributed by atoms with van der Waals surface area (Å²) in [6.07, 6.45) is 33.4. The molecule has 0 aliphatic heterocycles. The lowest BCUT2D eigenvalue weighted by atomic mass is 10.1. The van der Waals surface area contributed by atoms with E-state index >= 15 is 0 Å². The van der Waals surface area contributed by atoms with Gasteiger partial charge in [0.25, 0.3) is 0 Å². The van der Waals surface area contributed by atoms with E-state index < -0.39 is 0 Å². The Kier molecular flexibility index (Phi) is 20.6. The molecule has 0 aromatic carbocycles. The van der Waals surface area contributed by atoms with Crippen LogP contribution in [0.2, 0.25) is 0 Å². The smallest absolute Gasteiger partial charge is 0.0345 e. The zero-order valence-electron chi connectivity index (χ0n) is 17.7. The average molecular weight is 347 g/mol. The second kappa shape index (κ2) is 21.3. The Morgan fingerprint density at radius 2 is 1.04 bits per heavy atom. The molecule has 0 aliphatic rings. The van der Waals surface area contributed by atoms with E-state index in [0.29, 0.717) is 0 Å². The molecule has 0 saturated carbocycles. The maximum absolute atomic E-state index is 2.42. The van der Waals surface area contributed by atoms with Crippen molar-refractivity contribution in [1.29, 1.82) is 0 Å². The maximum Gasteiger partial charge on any atom is -0.0345 e. The summed E-state index contributed by atoms with van der Waals surface area (Å²) in [5.74, 6) is 0. The van der Waals surface area contributed by atoms with Crippen LogP contribution in [-0.2, 0) is 0 Å². The van der Waals surface area contributed by atoms with E-state index in [2.05, 4.69) is 51.2 Å². The van der Waals surface area contributed by atoms with Gasteiger partial charge in [0.1, 0.15) is 0 Å². The largest absolute Gasteiger partial charge is 0.0885 e. The fraction of sp³-hybridized carbons (Fsp3) is 0.760. The average Bonchev–Trinajstić information content (AvgIpc) is 2.62. The molecule has 25 heavy (non-hydrogen) atoms. The summed E-state index contributed by atoms with van der Waals surface area (Å²) in [5.41, 5.74) is 1.45. The Morgan fingerprint density at radius 1 is 0.520 bits per heavy atom. The van der Waals surface area contributed by atoms with Gasteiger partial charge in [-0.15, -0.1) is 0 Å². The second-order valence-electron chi connectivity index (χ2n) is 7.51. The summed E-state index contributed by atoms with van der Waals surface area (Å²) >= 11 is 0. The summed E-state index contributed by atoms with van der Waals surface area (Å²) < 4.78 is 0. The lowest BCUT2D eigenvalue weighted by molar-refractivity contribution is 0.611. The minimum Gasteiger partial charge on any atom is -0.0885 e. The molecule has 0 nitrogen and oxygen atoms in total. The minimum absolute atomic E-state index is 1.25. The first-order valence-electron chi connectivity index (χ1n) is 11.3. The molecule has 0 rings (SSSR count). The van der Waals surface area contributed by atoms with Gasteiger partial charge in [0.2, 0.25) is 0 Å². The molecule has 0 amide bonds. The third-order valence-corrected chi connectivity index (χ3v) is 4.77. The Balaban J connectivity index is 3.39. The topological polar surface area (TPSA) is 0 Å². The van der Waals surface area contributed by atoms with Crippen molar-refractivity contribution < 1.29 is 0 Å². The van der Waals surface area contributed by atoms with E-state index in [1.54, 1.807) is 0 Å². The second-order valence-corrected chi connectivity index (χ2v) is 7.51. The Hall–Kier alpha value is -0.780. The predicted octanol–water partition coefficient (Wildman–Crippen LogP) is 9.33. The first-order valence-corrected chi connectivity index (χ1v) is 11.3. The van der Waals surface area contributed by atoms with Crippen molar-refractivity contribution in [3.05, 3.63) is 36.0 Å². The highest BCUT2D eigenvalue weighted by Gasteiger charge is 1.91.